The fraction of sp³-hybridized carbons (Fsp3) is 0.333. The maximum Gasteiger partial charge on any atom is 0.393 e. The number of pyridine rings is 1. The average Bonchev–Trinajstić information content (AvgIpc) is 3.63. The minimum absolute atomic E-state index is 0.166. The molecule has 1 saturated heterocycles. The molecule has 1 aliphatic heterocycles. The van der Waals surface area contributed by atoms with Crippen LogP contribution in [0.15, 0.2) is 67.8 Å². The number of nitrogens with one attached hydrogen (secondary N) is 2. The third-order valence-corrected chi connectivity index (χ3v) is 9.99. The number of alkyl halides is 3. The van der Waals surface area contributed by atoms with E-state index in [9.17, 15) is 18.4 Å². The van der Waals surface area contributed by atoms with Gasteiger partial charge in [-0.15, -0.1) is 11.3 Å². The van der Waals surface area contributed by atoms with Crippen LogP contribution in [0.5, 0.6) is 0 Å². The summed E-state index contributed by atoms with van der Waals surface area (Å²) >= 11 is 1.06. The molecule has 248 valence electrons. The predicted octanol–water partition coefficient (Wildman–Crippen LogP) is 8.07. The molecule has 2 N–H and O–H groups in total. The summed E-state index contributed by atoms with van der Waals surface area (Å²) in [7, 11) is 0. The van der Waals surface area contributed by atoms with Gasteiger partial charge in [-0.25, -0.2) is 15.0 Å². The van der Waals surface area contributed by atoms with Gasteiger partial charge in [0.1, 0.15) is 34.6 Å². The smallest absolute Gasteiger partial charge is 0.367 e. The van der Waals surface area contributed by atoms with Gasteiger partial charge in [-0.2, -0.15) is 18.4 Å². The molecule has 0 bridgehead atoms. The molecule has 0 spiro atoms. The molecule has 0 unspecified atom stereocenters. The van der Waals surface area contributed by atoms with Crippen molar-refractivity contribution in [2.24, 2.45) is 0 Å². The molecule has 1 aromatic carbocycles. The molecule has 48 heavy (non-hydrogen) atoms. The molecule has 6 rings (SSSR count). The second-order valence-corrected chi connectivity index (χ2v) is 13.4. The maximum atomic E-state index is 12.9. The fourth-order valence-electron chi connectivity index (χ4n) is 6.35. The number of hydrogen-bond acceptors (Lipinski definition) is 8. The van der Waals surface area contributed by atoms with E-state index in [1.807, 2.05) is 19.2 Å². The zero-order valence-electron chi connectivity index (χ0n) is 27.0. The first-order valence-corrected chi connectivity index (χ1v) is 16.7. The first kappa shape index (κ1) is 33.2. The van der Waals surface area contributed by atoms with Crippen molar-refractivity contribution < 1.29 is 13.2 Å². The fourth-order valence-corrected chi connectivity index (χ4v) is 7.37. The van der Waals surface area contributed by atoms with Gasteiger partial charge >= 0.3 is 6.18 Å². The number of halogens is 3. The Labute approximate surface area is 281 Å². The molecule has 5 aromatic rings. The number of anilines is 2. The summed E-state index contributed by atoms with van der Waals surface area (Å²) in [4.78, 5) is 16.3. The number of piperidine rings is 1. The largest absolute Gasteiger partial charge is 0.393 e. The van der Waals surface area contributed by atoms with Crippen LogP contribution < -0.4 is 10.6 Å². The number of aromatic nitrogens is 4. The van der Waals surface area contributed by atoms with Gasteiger partial charge < -0.3 is 15.2 Å². The summed E-state index contributed by atoms with van der Waals surface area (Å²) in [5, 5.41) is 18.3. The van der Waals surface area contributed by atoms with Crippen molar-refractivity contribution in [3.8, 4) is 6.07 Å². The number of aryl methyl sites for hydroxylation is 4. The molecule has 4 aromatic heterocycles. The Morgan fingerprint density at radius 1 is 1.10 bits per heavy atom. The molecule has 12 heteroatoms. The summed E-state index contributed by atoms with van der Waals surface area (Å²) in [6.45, 7) is 15.0. The van der Waals surface area contributed by atoms with Crippen LogP contribution in [0, 0.1) is 25.2 Å². The zero-order valence-corrected chi connectivity index (χ0v) is 27.8. The first-order valence-electron chi connectivity index (χ1n) is 15.9. The Morgan fingerprint density at radius 3 is 2.60 bits per heavy atom. The lowest BCUT2D eigenvalue weighted by Crippen LogP contribution is -2.39. The van der Waals surface area contributed by atoms with Crippen molar-refractivity contribution in [1.82, 2.24) is 24.4 Å². The van der Waals surface area contributed by atoms with E-state index in [1.54, 1.807) is 12.1 Å². The standard InChI is InChI=1S/C36H37F3N8S/c1-5-23(3)44-33-22(2)14-25(19-41-33)8-13-47-28(18-40)15-30-24(4)26(6-7-32(30)47)20-46-11-9-27(10-12-46)45-34-31-16-29(17-36(37,38)39)48-35(31)43-21-42-34/h5-7,14-16,19,21,27H,1,3,8-13,17,20H2,2,4H3,(H,41,44)(H,42,43,45). The SMILES string of the molecule is C=CC(=C)Nc1ncc(CCn2c(C#N)cc3c(C)c(CN4CCC(Nc5ncnc6sc(CC(F)(F)F)cc56)CC4)ccc32)cc1C. The van der Waals surface area contributed by atoms with Crippen molar-refractivity contribution in [2.45, 2.75) is 64.8 Å². The topological polar surface area (TPSA) is 94.7 Å². The highest BCUT2D eigenvalue weighted by Crippen LogP contribution is 2.33. The van der Waals surface area contributed by atoms with E-state index in [1.165, 1.54) is 17.5 Å². The van der Waals surface area contributed by atoms with Gasteiger partial charge in [-0.05, 0) is 79.6 Å². The number of thiophene rings is 1. The lowest BCUT2D eigenvalue weighted by Gasteiger charge is -2.33. The van der Waals surface area contributed by atoms with Crippen molar-refractivity contribution in [3.63, 3.8) is 0 Å². The predicted molar refractivity (Wildman–Crippen MR) is 186 cm³/mol. The van der Waals surface area contributed by atoms with E-state index in [0.29, 0.717) is 34.0 Å². The molecular formula is C36H37F3N8S. The Bertz CT molecular complexity index is 2030. The highest BCUT2D eigenvalue weighted by atomic mass is 32.1. The van der Waals surface area contributed by atoms with Gasteiger partial charge in [0.15, 0.2) is 0 Å². The van der Waals surface area contributed by atoms with Gasteiger partial charge in [0.25, 0.3) is 0 Å². The lowest BCUT2D eigenvalue weighted by molar-refractivity contribution is -0.126. The summed E-state index contributed by atoms with van der Waals surface area (Å²) in [5.74, 6) is 1.35. The molecule has 0 amide bonds. The summed E-state index contributed by atoms with van der Waals surface area (Å²) in [6.07, 6.45) is 2.21. The number of hydrogen-bond donors (Lipinski definition) is 2. The third kappa shape index (κ3) is 7.37. The Kier molecular flexibility index (Phi) is 9.53. The molecule has 0 atom stereocenters. The van der Waals surface area contributed by atoms with Gasteiger partial charge in [0.2, 0.25) is 0 Å². The molecular weight excluding hydrogens is 634 g/mol. The average molecular weight is 671 g/mol. The second-order valence-electron chi connectivity index (χ2n) is 12.3. The molecule has 0 radical (unpaired) electrons. The van der Waals surface area contributed by atoms with Crippen LogP contribution in [-0.2, 0) is 25.9 Å². The molecule has 1 aliphatic rings. The zero-order chi connectivity index (χ0) is 34.0. The monoisotopic (exact) mass is 670 g/mol. The van der Waals surface area contributed by atoms with E-state index in [2.05, 4.69) is 79.4 Å². The van der Waals surface area contributed by atoms with Crippen LogP contribution in [0.2, 0.25) is 0 Å². The van der Waals surface area contributed by atoms with E-state index >= 15 is 0 Å². The molecule has 1 fully saturated rings. The van der Waals surface area contributed by atoms with Crippen LogP contribution in [0.1, 0.15) is 45.7 Å². The van der Waals surface area contributed by atoms with Crippen molar-refractivity contribution >= 4 is 44.1 Å². The number of rotatable bonds is 11. The van der Waals surface area contributed by atoms with Gasteiger partial charge in [-0.3, -0.25) is 4.90 Å². The van der Waals surface area contributed by atoms with Crippen LogP contribution >= 0.6 is 11.3 Å². The van der Waals surface area contributed by atoms with Crippen LogP contribution in [0.4, 0.5) is 24.8 Å². The van der Waals surface area contributed by atoms with Gasteiger partial charge in [0, 0.05) is 59.9 Å². The highest BCUT2D eigenvalue weighted by molar-refractivity contribution is 7.18. The van der Waals surface area contributed by atoms with Gasteiger partial charge in [0.05, 0.1) is 11.8 Å². The normalized spacial score (nSPS) is 14.3. The summed E-state index contributed by atoms with van der Waals surface area (Å²) in [6, 6.07) is 12.5. The minimum Gasteiger partial charge on any atom is -0.367 e. The van der Waals surface area contributed by atoms with Crippen molar-refractivity contribution in [2.75, 3.05) is 23.7 Å². The number of fused-ring (bicyclic) bond motifs is 2. The summed E-state index contributed by atoms with van der Waals surface area (Å²) < 4.78 is 40.9. The van der Waals surface area contributed by atoms with E-state index in [4.69, 9.17) is 0 Å². The lowest BCUT2D eigenvalue weighted by atomic mass is 10.0. The third-order valence-electron chi connectivity index (χ3n) is 8.94. The number of allylic oxidation sites excluding steroid dienone is 1. The Balaban J connectivity index is 1.09. The van der Waals surface area contributed by atoms with Crippen molar-refractivity contribution in [3.05, 3.63) is 101 Å². The molecule has 5 heterocycles. The number of nitrogens with zero attached hydrogens (tertiary/aromatic N) is 6. The summed E-state index contributed by atoms with van der Waals surface area (Å²) in [5.41, 5.74) is 6.88. The first-order chi connectivity index (χ1) is 23.0. The Morgan fingerprint density at radius 2 is 1.90 bits per heavy atom. The minimum atomic E-state index is -4.26. The Hall–Kier alpha value is -4.73. The molecule has 8 nitrogen and oxygen atoms in total. The van der Waals surface area contributed by atoms with E-state index in [-0.39, 0.29) is 10.9 Å². The van der Waals surface area contributed by atoms with Crippen LogP contribution in [0.3, 0.4) is 0 Å². The number of likely N-dealkylation sites (tertiary alicyclic amines) is 1. The quantitative estimate of drug-likeness (QED) is 0.137. The second kappa shape index (κ2) is 13.8. The maximum absolute atomic E-state index is 12.9. The van der Waals surface area contributed by atoms with Crippen molar-refractivity contribution in [1.29, 1.82) is 5.26 Å². The van der Waals surface area contributed by atoms with Crippen LogP contribution in [0.25, 0.3) is 21.1 Å². The van der Waals surface area contributed by atoms with Gasteiger partial charge in [-0.1, -0.05) is 25.3 Å². The number of nitriles is 1. The molecule has 0 saturated carbocycles. The van der Waals surface area contributed by atoms with E-state index < -0.39 is 12.6 Å². The van der Waals surface area contributed by atoms with Crippen LogP contribution in [-0.4, -0.2) is 49.7 Å². The number of benzene rings is 1. The van der Waals surface area contributed by atoms with E-state index in [0.717, 1.165) is 78.1 Å². The highest BCUT2D eigenvalue weighted by Gasteiger charge is 2.29. The molecule has 0 aliphatic carbocycles.